The first-order chi connectivity index (χ1) is 8.74. The van der Waals surface area contributed by atoms with Crippen LogP contribution in [0.4, 0.5) is 0 Å². The summed E-state index contributed by atoms with van der Waals surface area (Å²) in [5.74, 6) is 1.86. The van der Waals surface area contributed by atoms with Gasteiger partial charge in [0.15, 0.2) is 11.5 Å². The molecule has 0 spiro atoms. The Bertz CT molecular complexity index is 590. The summed E-state index contributed by atoms with van der Waals surface area (Å²) in [5.41, 5.74) is 3.19. The van der Waals surface area contributed by atoms with Crippen molar-refractivity contribution in [3.8, 4) is 28.4 Å². The zero-order valence-electron chi connectivity index (χ0n) is 10.1. The van der Waals surface area contributed by atoms with Gasteiger partial charge in [-0.2, -0.15) is 0 Å². The first-order valence-electron chi connectivity index (χ1n) is 5.94. The van der Waals surface area contributed by atoms with Gasteiger partial charge in [0.25, 0.3) is 0 Å². The third-order valence-corrected chi connectivity index (χ3v) is 3.06. The molecule has 3 rings (SSSR count). The fourth-order valence-electron chi connectivity index (χ4n) is 2.18. The molecule has 92 valence electrons. The smallest absolute Gasteiger partial charge is 0.161 e. The molecule has 1 aliphatic heterocycles. The summed E-state index contributed by atoms with van der Waals surface area (Å²) in [6, 6.07) is 11.3. The Morgan fingerprint density at radius 3 is 2.50 bits per heavy atom. The standard InChI is InChI=1S/C15H14O3/c1-10-8-12(16)3-4-13(10)11-2-5-14-15(9-11)18-7-6-17-14/h2-5,8-9,16H,6-7H2,1H3. The molecular formula is C15H14O3. The molecule has 3 heteroatoms. The lowest BCUT2D eigenvalue weighted by molar-refractivity contribution is 0.171. The van der Waals surface area contributed by atoms with E-state index in [-0.39, 0.29) is 5.75 Å². The van der Waals surface area contributed by atoms with E-state index in [0.717, 1.165) is 28.2 Å². The molecule has 1 N–H and O–H groups in total. The van der Waals surface area contributed by atoms with Crippen molar-refractivity contribution in [2.45, 2.75) is 6.92 Å². The normalized spacial score (nSPS) is 13.4. The number of phenolic OH excluding ortho intramolecular Hbond substituents is 1. The number of fused-ring (bicyclic) bond motifs is 1. The fourth-order valence-corrected chi connectivity index (χ4v) is 2.18. The summed E-state index contributed by atoms with van der Waals surface area (Å²) in [6.07, 6.45) is 0. The van der Waals surface area contributed by atoms with Crippen LogP contribution in [0.25, 0.3) is 11.1 Å². The molecule has 1 aliphatic rings. The number of rotatable bonds is 1. The van der Waals surface area contributed by atoms with E-state index in [4.69, 9.17) is 9.47 Å². The minimum absolute atomic E-state index is 0.286. The molecule has 0 amide bonds. The van der Waals surface area contributed by atoms with Crippen molar-refractivity contribution >= 4 is 0 Å². The molecule has 0 radical (unpaired) electrons. The molecule has 18 heavy (non-hydrogen) atoms. The van der Waals surface area contributed by atoms with Crippen molar-refractivity contribution in [1.82, 2.24) is 0 Å². The maximum atomic E-state index is 9.43. The summed E-state index contributed by atoms with van der Waals surface area (Å²) in [6.45, 7) is 3.17. The monoisotopic (exact) mass is 242 g/mol. The maximum Gasteiger partial charge on any atom is 0.161 e. The Morgan fingerprint density at radius 1 is 0.944 bits per heavy atom. The lowest BCUT2D eigenvalue weighted by Crippen LogP contribution is -2.15. The highest BCUT2D eigenvalue weighted by atomic mass is 16.6. The molecule has 0 unspecified atom stereocenters. The van der Waals surface area contributed by atoms with Crippen LogP contribution in [0, 0.1) is 6.92 Å². The van der Waals surface area contributed by atoms with Crippen LogP contribution in [0.3, 0.4) is 0 Å². The van der Waals surface area contributed by atoms with E-state index in [1.54, 1.807) is 12.1 Å². The van der Waals surface area contributed by atoms with Gasteiger partial charge < -0.3 is 14.6 Å². The Hall–Kier alpha value is -2.16. The topological polar surface area (TPSA) is 38.7 Å². The minimum Gasteiger partial charge on any atom is -0.508 e. The molecule has 0 saturated heterocycles. The van der Waals surface area contributed by atoms with Crippen molar-refractivity contribution in [2.75, 3.05) is 13.2 Å². The molecule has 2 aromatic carbocycles. The largest absolute Gasteiger partial charge is 0.508 e. The maximum absolute atomic E-state index is 9.43. The molecule has 2 aromatic rings. The van der Waals surface area contributed by atoms with Gasteiger partial charge in [-0.25, -0.2) is 0 Å². The van der Waals surface area contributed by atoms with Crippen LogP contribution in [0.15, 0.2) is 36.4 Å². The van der Waals surface area contributed by atoms with Crippen LogP contribution in [-0.4, -0.2) is 18.3 Å². The fraction of sp³-hybridized carbons (Fsp3) is 0.200. The number of aryl methyl sites for hydroxylation is 1. The van der Waals surface area contributed by atoms with Crippen LogP contribution in [0.2, 0.25) is 0 Å². The third-order valence-electron chi connectivity index (χ3n) is 3.06. The van der Waals surface area contributed by atoms with E-state index in [1.165, 1.54) is 0 Å². The van der Waals surface area contributed by atoms with E-state index >= 15 is 0 Å². The van der Waals surface area contributed by atoms with Crippen LogP contribution in [0.5, 0.6) is 17.2 Å². The Kier molecular flexibility index (Phi) is 2.59. The summed E-state index contributed by atoms with van der Waals surface area (Å²) in [4.78, 5) is 0. The number of aromatic hydroxyl groups is 1. The number of ether oxygens (including phenoxy) is 2. The molecule has 3 nitrogen and oxygen atoms in total. The van der Waals surface area contributed by atoms with Crippen molar-refractivity contribution < 1.29 is 14.6 Å². The van der Waals surface area contributed by atoms with Crippen molar-refractivity contribution in [1.29, 1.82) is 0 Å². The average molecular weight is 242 g/mol. The van der Waals surface area contributed by atoms with E-state index in [9.17, 15) is 5.11 Å². The van der Waals surface area contributed by atoms with E-state index < -0.39 is 0 Å². The summed E-state index contributed by atoms with van der Waals surface area (Å²) in [5, 5.41) is 9.43. The number of hydrogen-bond acceptors (Lipinski definition) is 3. The lowest BCUT2D eigenvalue weighted by atomic mass is 10.00. The molecule has 0 aromatic heterocycles. The summed E-state index contributed by atoms with van der Waals surface area (Å²) in [7, 11) is 0. The SMILES string of the molecule is Cc1cc(O)ccc1-c1ccc2c(c1)OCCO2. The summed E-state index contributed by atoms with van der Waals surface area (Å²) >= 11 is 0. The van der Waals surface area contributed by atoms with Crippen LogP contribution in [0.1, 0.15) is 5.56 Å². The van der Waals surface area contributed by atoms with Crippen molar-refractivity contribution in [3.63, 3.8) is 0 Å². The van der Waals surface area contributed by atoms with E-state index in [0.29, 0.717) is 13.2 Å². The molecule has 0 bridgehead atoms. The molecule has 1 heterocycles. The molecule has 0 atom stereocenters. The highest BCUT2D eigenvalue weighted by molar-refractivity contribution is 5.71. The number of hydrogen-bond donors (Lipinski definition) is 1. The predicted octanol–water partition coefficient (Wildman–Crippen LogP) is 3.14. The number of phenols is 1. The van der Waals surface area contributed by atoms with Crippen LogP contribution in [-0.2, 0) is 0 Å². The zero-order valence-corrected chi connectivity index (χ0v) is 10.1. The van der Waals surface area contributed by atoms with Gasteiger partial charge in [0.2, 0.25) is 0 Å². The lowest BCUT2D eigenvalue weighted by Gasteiger charge is -2.19. The molecular weight excluding hydrogens is 228 g/mol. The highest BCUT2D eigenvalue weighted by Gasteiger charge is 2.13. The predicted molar refractivity (Wildman–Crippen MR) is 69.3 cm³/mol. The highest BCUT2D eigenvalue weighted by Crippen LogP contribution is 2.36. The van der Waals surface area contributed by atoms with Gasteiger partial charge in [-0.05, 0) is 47.9 Å². The van der Waals surface area contributed by atoms with E-state index in [1.807, 2.05) is 31.2 Å². The second-order valence-corrected chi connectivity index (χ2v) is 4.36. The van der Waals surface area contributed by atoms with Crippen molar-refractivity contribution in [3.05, 3.63) is 42.0 Å². The second kappa shape index (κ2) is 4.26. The minimum atomic E-state index is 0.286. The first kappa shape index (κ1) is 11.0. The quantitative estimate of drug-likeness (QED) is 0.835. The van der Waals surface area contributed by atoms with Gasteiger partial charge in [0, 0.05) is 0 Å². The Balaban J connectivity index is 2.06. The van der Waals surface area contributed by atoms with Crippen LogP contribution < -0.4 is 9.47 Å². The zero-order chi connectivity index (χ0) is 12.5. The van der Waals surface area contributed by atoms with Gasteiger partial charge in [0.05, 0.1) is 0 Å². The van der Waals surface area contributed by atoms with E-state index in [2.05, 4.69) is 0 Å². The van der Waals surface area contributed by atoms with Gasteiger partial charge in [-0.1, -0.05) is 12.1 Å². The van der Waals surface area contributed by atoms with Crippen LogP contribution >= 0.6 is 0 Å². The van der Waals surface area contributed by atoms with Gasteiger partial charge in [-0.15, -0.1) is 0 Å². The third kappa shape index (κ3) is 1.88. The first-order valence-corrected chi connectivity index (χ1v) is 5.94. The van der Waals surface area contributed by atoms with Gasteiger partial charge in [-0.3, -0.25) is 0 Å². The Labute approximate surface area is 106 Å². The number of benzene rings is 2. The van der Waals surface area contributed by atoms with Gasteiger partial charge >= 0.3 is 0 Å². The van der Waals surface area contributed by atoms with Gasteiger partial charge in [0.1, 0.15) is 19.0 Å². The summed E-state index contributed by atoms with van der Waals surface area (Å²) < 4.78 is 11.1. The van der Waals surface area contributed by atoms with Crippen molar-refractivity contribution in [2.24, 2.45) is 0 Å². The average Bonchev–Trinajstić information content (AvgIpc) is 2.38. The second-order valence-electron chi connectivity index (χ2n) is 4.36. The Morgan fingerprint density at radius 2 is 1.72 bits per heavy atom. The molecule has 0 fully saturated rings. The molecule has 0 aliphatic carbocycles. The molecule has 0 saturated carbocycles.